The zero-order chi connectivity index (χ0) is 19.0. The number of hydrogen-bond acceptors (Lipinski definition) is 5. The van der Waals surface area contributed by atoms with Gasteiger partial charge in [-0.3, -0.25) is 9.48 Å². The number of carbonyl (C=O) groups is 2. The Morgan fingerprint density at radius 2 is 1.85 bits per heavy atom. The Morgan fingerprint density at radius 1 is 1.07 bits per heavy atom. The lowest BCUT2D eigenvalue weighted by atomic mass is 10.2. The highest BCUT2D eigenvalue weighted by Gasteiger charge is 2.13. The van der Waals surface area contributed by atoms with E-state index in [2.05, 4.69) is 20.4 Å². The topological polar surface area (TPSA) is 115 Å². The highest BCUT2D eigenvalue weighted by atomic mass is 16.4. The van der Waals surface area contributed by atoms with Crippen LogP contribution in [-0.2, 0) is 7.05 Å². The van der Waals surface area contributed by atoms with E-state index in [1.807, 2.05) is 22.9 Å². The number of pyridine rings is 1. The lowest BCUT2D eigenvalue weighted by Crippen LogP contribution is -2.15. The Hall–Kier alpha value is -4.01. The highest BCUT2D eigenvalue weighted by molar-refractivity contribution is 6.01. The number of carbonyl (C=O) groups excluding carboxylic acids is 1. The number of carboxylic acids is 1. The maximum Gasteiger partial charge on any atom is 0.335 e. The van der Waals surface area contributed by atoms with Crippen LogP contribution in [0.4, 0.5) is 5.82 Å². The lowest BCUT2D eigenvalue weighted by molar-refractivity contribution is 0.0696. The zero-order valence-electron chi connectivity index (χ0n) is 14.2. The molecule has 1 amide bonds. The van der Waals surface area contributed by atoms with Crippen LogP contribution >= 0.6 is 0 Å². The molecule has 0 radical (unpaired) electrons. The molecule has 3 aromatic heterocycles. The van der Waals surface area contributed by atoms with Crippen LogP contribution in [0.3, 0.4) is 0 Å². The van der Waals surface area contributed by atoms with Gasteiger partial charge < -0.3 is 15.0 Å². The van der Waals surface area contributed by atoms with Crippen LogP contribution in [-0.4, -0.2) is 41.3 Å². The Labute approximate surface area is 152 Å². The lowest BCUT2D eigenvalue weighted by Gasteiger charge is -2.07. The van der Waals surface area contributed by atoms with E-state index in [0.29, 0.717) is 11.5 Å². The average molecular weight is 362 g/mol. The molecule has 0 bridgehead atoms. The van der Waals surface area contributed by atoms with Gasteiger partial charge in [0.1, 0.15) is 17.8 Å². The summed E-state index contributed by atoms with van der Waals surface area (Å²) in [5.41, 5.74) is 1.60. The molecule has 0 aliphatic rings. The molecule has 0 spiro atoms. The molecule has 27 heavy (non-hydrogen) atoms. The van der Waals surface area contributed by atoms with Crippen molar-refractivity contribution < 1.29 is 14.7 Å². The average Bonchev–Trinajstić information content (AvgIpc) is 3.28. The fourth-order valence-corrected chi connectivity index (χ4v) is 2.67. The zero-order valence-corrected chi connectivity index (χ0v) is 14.2. The van der Waals surface area contributed by atoms with Crippen molar-refractivity contribution in [3.8, 4) is 5.69 Å². The minimum Gasteiger partial charge on any atom is -0.478 e. The van der Waals surface area contributed by atoms with Gasteiger partial charge >= 0.3 is 5.97 Å². The number of benzene rings is 1. The van der Waals surface area contributed by atoms with Gasteiger partial charge in [-0.25, -0.2) is 14.8 Å². The van der Waals surface area contributed by atoms with Gasteiger partial charge in [0.25, 0.3) is 5.91 Å². The van der Waals surface area contributed by atoms with E-state index in [1.54, 1.807) is 25.2 Å². The third-order valence-electron chi connectivity index (χ3n) is 3.97. The molecule has 0 saturated heterocycles. The number of nitrogens with one attached hydrogen (secondary N) is 1. The van der Waals surface area contributed by atoms with Crippen LogP contribution in [0.5, 0.6) is 0 Å². The van der Waals surface area contributed by atoms with Gasteiger partial charge in [-0.15, -0.1) is 5.10 Å². The van der Waals surface area contributed by atoms with Crippen LogP contribution < -0.4 is 5.32 Å². The van der Waals surface area contributed by atoms with Crippen LogP contribution in [0, 0.1) is 0 Å². The van der Waals surface area contributed by atoms with Gasteiger partial charge in [0.15, 0.2) is 0 Å². The first-order valence-electron chi connectivity index (χ1n) is 8.00. The van der Waals surface area contributed by atoms with Gasteiger partial charge in [-0.05, 0) is 42.5 Å². The molecule has 9 nitrogen and oxygen atoms in total. The number of amides is 1. The molecule has 2 N–H and O–H groups in total. The van der Waals surface area contributed by atoms with Gasteiger partial charge in [0.05, 0.1) is 5.56 Å². The largest absolute Gasteiger partial charge is 0.478 e. The third kappa shape index (κ3) is 3.13. The van der Waals surface area contributed by atoms with E-state index < -0.39 is 11.9 Å². The molecule has 3 heterocycles. The summed E-state index contributed by atoms with van der Waals surface area (Å²) in [6, 6.07) is 11.9. The van der Waals surface area contributed by atoms with Crippen LogP contribution in [0.15, 0.2) is 55.0 Å². The Kier molecular flexibility index (Phi) is 3.88. The summed E-state index contributed by atoms with van der Waals surface area (Å²) < 4.78 is 3.26. The molecule has 0 saturated carbocycles. The molecule has 1 aromatic carbocycles. The minimum absolute atomic E-state index is 0.0547. The molecule has 0 unspecified atom stereocenters. The summed E-state index contributed by atoms with van der Waals surface area (Å²) in [6.45, 7) is 0. The molecule has 0 atom stereocenters. The summed E-state index contributed by atoms with van der Waals surface area (Å²) in [6.07, 6.45) is 3.27. The van der Waals surface area contributed by atoms with Crippen molar-refractivity contribution in [1.82, 2.24) is 24.3 Å². The second-order valence-corrected chi connectivity index (χ2v) is 5.84. The molecule has 0 aliphatic carbocycles. The second kappa shape index (κ2) is 6.37. The second-order valence-electron chi connectivity index (χ2n) is 5.84. The number of aromatic nitrogens is 5. The molecule has 0 fully saturated rings. The first-order chi connectivity index (χ1) is 13.0. The van der Waals surface area contributed by atoms with E-state index in [-0.39, 0.29) is 11.4 Å². The van der Waals surface area contributed by atoms with Gasteiger partial charge in [0, 0.05) is 24.3 Å². The predicted molar refractivity (Wildman–Crippen MR) is 97.0 cm³/mol. The van der Waals surface area contributed by atoms with E-state index in [4.69, 9.17) is 5.11 Å². The molecule has 9 heteroatoms. The quantitative estimate of drug-likeness (QED) is 0.574. The monoisotopic (exact) mass is 362 g/mol. The van der Waals surface area contributed by atoms with Crippen molar-refractivity contribution in [3.63, 3.8) is 0 Å². The SMILES string of the molecule is Cn1cnc(C(=O)Nc2ccc3ccn(-c4ccc(C(=O)O)cc4)c3n2)n1. The van der Waals surface area contributed by atoms with Crippen molar-refractivity contribution in [1.29, 1.82) is 0 Å². The normalized spacial score (nSPS) is 10.9. The number of nitrogens with zero attached hydrogens (tertiary/aromatic N) is 5. The van der Waals surface area contributed by atoms with Crippen molar-refractivity contribution in [2.45, 2.75) is 0 Å². The van der Waals surface area contributed by atoms with E-state index in [1.165, 1.54) is 23.1 Å². The van der Waals surface area contributed by atoms with Crippen molar-refractivity contribution in [2.75, 3.05) is 5.32 Å². The highest BCUT2D eigenvalue weighted by Crippen LogP contribution is 2.21. The first kappa shape index (κ1) is 16.5. The number of aryl methyl sites for hydroxylation is 1. The van der Waals surface area contributed by atoms with Gasteiger partial charge in [0.2, 0.25) is 5.82 Å². The summed E-state index contributed by atoms with van der Waals surface area (Å²) >= 11 is 0. The van der Waals surface area contributed by atoms with Crippen molar-refractivity contribution in [3.05, 3.63) is 66.4 Å². The van der Waals surface area contributed by atoms with E-state index in [0.717, 1.165) is 11.1 Å². The van der Waals surface area contributed by atoms with Gasteiger partial charge in [-0.1, -0.05) is 0 Å². The summed E-state index contributed by atoms with van der Waals surface area (Å²) in [7, 11) is 1.68. The van der Waals surface area contributed by atoms with Gasteiger partial charge in [-0.2, -0.15) is 0 Å². The smallest absolute Gasteiger partial charge is 0.335 e. The fraction of sp³-hybridized carbons (Fsp3) is 0.0556. The van der Waals surface area contributed by atoms with Crippen molar-refractivity contribution in [2.24, 2.45) is 7.05 Å². The molecular weight excluding hydrogens is 348 g/mol. The Balaban J connectivity index is 1.66. The first-order valence-corrected chi connectivity index (χ1v) is 8.00. The third-order valence-corrected chi connectivity index (χ3v) is 3.97. The van der Waals surface area contributed by atoms with Crippen LogP contribution in [0.1, 0.15) is 21.0 Å². The van der Waals surface area contributed by atoms with E-state index >= 15 is 0 Å². The summed E-state index contributed by atoms with van der Waals surface area (Å²) in [4.78, 5) is 31.6. The summed E-state index contributed by atoms with van der Waals surface area (Å²) in [5, 5.41) is 16.5. The molecule has 4 rings (SSSR count). The summed E-state index contributed by atoms with van der Waals surface area (Å²) in [5.74, 6) is -1.02. The minimum atomic E-state index is -0.981. The maximum atomic E-state index is 12.2. The number of aromatic carboxylic acids is 1. The number of fused-ring (bicyclic) bond motifs is 1. The van der Waals surface area contributed by atoms with Crippen LogP contribution in [0.25, 0.3) is 16.7 Å². The number of hydrogen-bond donors (Lipinski definition) is 2. The number of carboxylic acid groups (broad SMARTS) is 1. The molecule has 0 aliphatic heterocycles. The van der Waals surface area contributed by atoms with Crippen LogP contribution in [0.2, 0.25) is 0 Å². The predicted octanol–water partition coefficient (Wildman–Crippen LogP) is 2.10. The number of rotatable bonds is 4. The molecular formula is C18H14N6O3. The molecule has 4 aromatic rings. The molecule has 134 valence electrons. The van der Waals surface area contributed by atoms with E-state index in [9.17, 15) is 9.59 Å². The Bertz CT molecular complexity index is 1160. The standard InChI is InChI=1S/C18H14N6O3/c1-23-10-19-15(22-23)17(25)21-14-7-4-11-8-9-24(16(11)20-14)13-5-2-12(3-6-13)18(26)27/h2-10H,1H3,(H,26,27)(H,20,21,25). The maximum absolute atomic E-state index is 12.2. The fourth-order valence-electron chi connectivity index (χ4n) is 2.67. The number of anilines is 1. The Morgan fingerprint density at radius 3 is 2.52 bits per heavy atom. The van der Waals surface area contributed by atoms with Crippen molar-refractivity contribution >= 4 is 28.7 Å².